The van der Waals surface area contributed by atoms with Crippen molar-refractivity contribution in [3.05, 3.63) is 88.4 Å². The van der Waals surface area contributed by atoms with Gasteiger partial charge in [0.1, 0.15) is 36.0 Å². The molecule has 0 radical (unpaired) electrons. The van der Waals surface area contributed by atoms with Crippen LogP contribution in [0.3, 0.4) is 0 Å². The topological polar surface area (TPSA) is 80.5 Å². The van der Waals surface area contributed by atoms with Crippen LogP contribution >= 0.6 is 15.9 Å². The largest absolute Gasteiger partial charge is 0.459 e. The van der Waals surface area contributed by atoms with E-state index in [4.69, 9.17) is 4.74 Å². The van der Waals surface area contributed by atoms with Crippen molar-refractivity contribution >= 4 is 28.0 Å². The third kappa shape index (κ3) is 6.59. The van der Waals surface area contributed by atoms with Crippen LogP contribution in [0.5, 0.6) is 0 Å². The van der Waals surface area contributed by atoms with E-state index in [0.29, 0.717) is 25.9 Å². The molecular formula is C25H25BrF2N4O3. The molecule has 0 bridgehead atoms. The summed E-state index contributed by atoms with van der Waals surface area (Å²) in [4.78, 5) is 18.1. The molecule has 184 valence electrons. The molecule has 3 aromatic rings. The fourth-order valence-corrected chi connectivity index (χ4v) is 4.61. The lowest BCUT2D eigenvalue weighted by Crippen LogP contribution is -2.48. The summed E-state index contributed by atoms with van der Waals surface area (Å²) in [5, 5.41) is 15.5. The van der Waals surface area contributed by atoms with Crippen molar-refractivity contribution in [1.82, 2.24) is 19.7 Å². The van der Waals surface area contributed by atoms with Gasteiger partial charge in [-0.2, -0.15) is 5.10 Å². The van der Waals surface area contributed by atoms with E-state index in [9.17, 15) is 18.7 Å². The van der Waals surface area contributed by atoms with Gasteiger partial charge in [-0.1, -0.05) is 40.2 Å². The number of aromatic nitrogens is 3. The molecule has 1 fully saturated rings. The lowest BCUT2D eigenvalue weighted by Gasteiger charge is -2.38. The van der Waals surface area contributed by atoms with Crippen molar-refractivity contribution < 1.29 is 23.4 Å². The van der Waals surface area contributed by atoms with Gasteiger partial charge >= 0.3 is 5.97 Å². The summed E-state index contributed by atoms with van der Waals surface area (Å²) in [6, 6.07) is 10.7. The van der Waals surface area contributed by atoms with Crippen molar-refractivity contribution in [1.29, 1.82) is 0 Å². The van der Waals surface area contributed by atoms with Crippen LogP contribution in [0.2, 0.25) is 0 Å². The highest BCUT2D eigenvalue weighted by Crippen LogP contribution is 2.29. The van der Waals surface area contributed by atoms with E-state index in [2.05, 4.69) is 26.0 Å². The third-order valence-electron chi connectivity index (χ3n) is 5.93. The predicted molar refractivity (Wildman–Crippen MR) is 129 cm³/mol. The van der Waals surface area contributed by atoms with Crippen LogP contribution in [0.1, 0.15) is 24.0 Å². The number of halogens is 3. The van der Waals surface area contributed by atoms with E-state index in [1.165, 1.54) is 29.5 Å². The summed E-state index contributed by atoms with van der Waals surface area (Å²) in [6.45, 7) is 1.12. The fourth-order valence-electron chi connectivity index (χ4n) is 4.20. The molecule has 0 spiro atoms. The van der Waals surface area contributed by atoms with E-state index in [0.717, 1.165) is 22.2 Å². The van der Waals surface area contributed by atoms with Crippen molar-refractivity contribution in [2.24, 2.45) is 0 Å². The molecule has 2 heterocycles. The standard InChI is InChI=1S/C25H25BrF2N4O3/c26-22-4-2-1-3-18(22)5-8-24(33)35-20-9-11-31(12-10-20)14-25(34,15-32-17-29-16-30-32)21-7-6-19(27)13-23(21)28/h1-8,13,16-17,20,34H,9-12,14-15H2/b8-5+. The first-order valence-corrected chi connectivity index (χ1v) is 12.0. The van der Waals surface area contributed by atoms with Crippen molar-refractivity contribution in [2.75, 3.05) is 19.6 Å². The Morgan fingerprint density at radius 1 is 1.20 bits per heavy atom. The zero-order valence-electron chi connectivity index (χ0n) is 18.9. The molecule has 0 amide bonds. The second kappa shape index (κ2) is 11.2. The zero-order valence-corrected chi connectivity index (χ0v) is 20.4. The Bertz CT molecular complexity index is 1180. The molecule has 1 saturated heterocycles. The molecule has 1 unspecified atom stereocenters. The van der Waals surface area contributed by atoms with Gasteiger partial charge in [0.2, 0.25) is 0 Å². The fraction of sp³-hybridized carbons (Fsp3) is 0.320. The van der Waals surface area contributed by atoms with Crippen LogP contribution in [0.15, 0.2) is 65.7 Å². The number of β-amino-alcohol motifs (C(OH)–C–C–N with tert-alkyl or cyclic N) is 1. The maximum absolute atomic E-state index is 14.6. The summed E-state index contributed by atoms with van der Waals surface area (Å²) in [5.74, 6) is -1.96. The Morgan fingerprint density at radius 3 is 2.66 bits per heavy atom. The van der Waals surface area contributed by atoms with Gasteiger partial charge in [0.25, 0.3) is 0 Å². The molecule has 0 aliphatic carbocycles. The SMILES string of the molecule is O=C(/C=C/c1ccccc1Br)OC1CCN(CC(O)(Cn2cncn2)c2ccc(F)cc2F)CC1. The minimum Gasteiger partial charge on any atom is -0.459 e. The van der Waals surface area contributed by atoms with Gasteiger partial charge in [-0.15, -0.1) is 0 Å². The molecule has 1 N–H and O–H groups in total. The van der Waals surface area contributed by atoms with Crippen LogP contribution in [0, 0.1) is 11.6 Å². The Balaban J connectivity index is 1.37. The number of hydrogen-bond donors (Lipinski definition) is 1. The molecule has 1 aliphatic heterocycles. The quantitative estimate of drug-likeness (QED) is 0.340. The number of rotatable bonds is 8. The highest BCUT2D eigenvalue weighted by Gasteiger charge is 2.37. The van der Waals surface area contributed by atoms with Gasteiger partial charge in [-0.05, 0) is 36.6 Å². The number of carbonyl (C=O) groups excluding carboxylic acids is 1. The van der Waals surface area contributed by atoms with E-state index in [-0.39, 0.29) is 24.8 Å². The molecule has 7 nitrogen and oxygen atoms in total. The van der Waals surface area contributed by atoms with Crippen LogP contribution in [-0.4, -0.2) is 56.5 Å². The second-order valence-corrected chi connectivity index (χ2v) is 9.37. The predicted octanol–water partition coefficient (Wildman–Crippen LogP) is 3.93. The molecule has 10 heteroatoms. The van der Waals surface area contributed by atoms with Gasteiger partial charge in [0, 0.05) is 41.8 Å². The molecule has 1 aromatic heterocycles. The van der Waals surface area contributed by atoms with Crippen molar-refractivity contribution in [3.8, 4) is 0 Å². The summed E-state index contributed by atoms with van der Waals surface area (Å²) in [5.41, 5.74) is -0.806. The summed E-state index contributed by atoms with van der Waals surface area (Å²) >= 11 is 3.44. The minimum absolute atomic E-state index is 0.0137. The summed E-state index contributed by atoms with van der Waals surface area (Å²) in [6.07, 6.45) is 6.74. The zero-order chi connectivity index (χ0) is 24.8. The molecule has 1 atom stereocenters. The molecule has 1 aliphatic rings. The van der Waals surface area contributed by atoms with E-state index >= 15 is 0 Å². The highest BCUT2D eigenvalue weighted by molar-refractivity contribution is 9.10. The maximum Gasteiger partial charge on any atom is 0.331 e. The molecule has 4 rings (SSSR count). The first-order valence-electron chi connectivity index (χ1n) is 11.2. The van der Waals surface area contributed by atoms with Gasteiger partial charge in [-0.3, -0.25) is 4.90 Å². The molecule has 2 aromatic carbocycles. The van der Waals surface area contributed by atoms with E-state index in [1.54, 1.807) is 6.08 Å². The van der Waals surface area contributed by atoms with E-state index in [1.807, 2.05) is 29.2 Å². The number of ether oxygens (including phenoxy) is 1. The molecule has 35 heavy (non-hydrogen) atoms. The van der Waals surface area contributed by atoms with Crippen LogP contribution in [0.4, 0.5) is 8.78 Å². The Labute approximate surface area is 210 Å². The molecular weight excluding hydrogens is 522 g/mol. The average molecular weight is 547 g/mol. The van der Waals surface area contributed by atoms with Crippen LogP contribution < -0.4 is 0 Å². The lowest BCUT2D eigenvalue weighted by molar-refractivity contribution is -0.145. The van der Waals surface area contributed by atoms with Crippen molar-refractivity contribution in [2.45, 2.75) is 31.1 Å². The van der Waals surface area contributed by atoms with Gasteiger partial charge in [-0.25, -0.2) is 23.2 Å². The first-order chi connectivity index (χ1) is 16.8. The number of benzene rings is 2. The third-order valence-corrected chi connectivity index (χ3v) is 6.65. The minimum atomic E-state index is -1.67. The van der Waals surface area contributed by atoms with Crippen LogP contribution in [-0.2, 0) is 21.7 Å². The Hall–Kier alpha value is -2.95. The Morgan fingerprint density at radius 2 is 1.97 bits per heavy atom. The lowest BCUT2D eigenvalue weighted by atomic mass is 9.91. The number of piperidine rings is 1. The smallest absolute Gasteiger partial charge is 0.331 e. The normalized spacial score (nSPS) is 16.9. The van der Waals surface area contributed by atoms with Crippen molar-refractivity contribution in [3.63, 3.8) is 0 Å². The number of hydrogen-bond acceptors (Lipinski definition) is 6. The number of esters is 1. The van der Waals surface area contributed by atoms with Gasteiger partial charge in [0.15, 0.2) is 0 Å². The van der Waals surface area contributed by atoms with E-state index < -0.39 is 23.2 Å². The number of likely N-dealkylation sites (tertiary alicyclic amines) is 1. The van der Waals surface area contributed by atoms with Gasteiger partial charge in [0.05, 0.1) is 6.54 Å². The maximum atomic E-state index is 14.6. The molecule has 0 saturated carbocycles. The summed E-state index contributed by atoms with van der Waals surface area (Å²) in [7, 11) is 0. The highest BCUT2D eigenvalue weighted by atomic mass is 79.9. The number of carbonyl (C=O) groups is 1. The average Bonchev–Trinajstić information content (AvgIpc) is 3.32. The first kappa shape index (κ1) is 25.2. The Kier molecular flexibility index (Phi) is 8.04. The monoisotopic (exact) mass is 546 g/mol. The van der Waals surface area contributed by atoms with Gasteiger partial charge < -0.3 is 9.84 Å². The number of aliphatic hydroxyl groups is 1. The second-order valence-electron chi connectivity index (χ2n) is 8.52. The van der Waals surface area contributed by atoms with Crippen LogP contribution in [0.25, 0.3) is 6.08 Å². The summed E-state index contributed by atoms with van der Waals surface area (Å²) < 4.78 is 36.0. The number of nitrogens with zero attached hydrogens (tertiary/aromatic N) is 4.